The lowest BCUT2D eigenvalue weighted by atomic mass is 9.82. The van der Waals surface area contributed by atoms with Crippen molar-refractivity contribution < 1.29 is 4.74 Å². The van der Waals surface area contributed by atoms with E-state index in [1.54, 1.807) is 11.8 Å². The van der Waals surface area contributed by atoms with Crippen LogP contribution in [0.15, 0.2) is 61.3 Å². The first-order valence-electron chi connectivity index (χ1n) is 11.8. The minimum absolute atomic E-state index is 0.0131. The molecule has 180 valence electrons. The summed E-state index contributed by atoms with van der Waals surface area (Å²) in [6.07, 6.45) is 9.69. The molecule has 35 heavy (non-hydrogen) atoms. The molecule has 9 heteroatoms. The maximum atomic E-state index is 6.96. The summed E-state index contributed by atoms with van der Waals surface area (Å²) in [6.45, 7) is 3.82. The summed E-state index contributed by atoms with van der Waals surface area (Å²) in [5, 5.41) is 7.81. The predicted octanol–water partition coefficient (Wildman–Crippen LogP) is 2.50. The third kappa shape index (κ3) is 3.72. The molecule has 0 spiro atoms. The van der Waals surface area contributed by atoms with Crippen LogP contribution in [0.3, 0.4) is 0 Å². The molecule has 0 aromatic carbocycles. The third-order valence-electron chi connectivity index (χ3n) is 7.42. The van der Waals surface area contributed by atoms with Crippen molar-refractivity contribution in [3.63, 3.8) is 0 Å². The molecule has 0 radical (unpaired) electrons. The van der Waals surface area contributed by atoms with E-state index in [-0.39, 0.29) is 12.1 Å². The highest BCUT2D eigenvalue weighted by atomic mass is 16.5. The molecule has 2 aliphatic rings. The number of H-pyrrole nitrogens is 1. The minimum atomic E-state index is -0.446. The van der Waals surface area contributed by atoms with Gasteiger partial charge in [0.15, 0.2) is 0 Å². The van der Waals surface area contributed by atoms with Gasteiger partial charge < -0.3 is 20.8 Å². The van der Waals surface area contributed by atoms with Crippen LogP contribution in [0, 0.1) is 0 Å². The van der Waals surface area contributed by atoms with Crippen LogP contribution in [0.1, 0.15) is 24.2 Å². The van der Waals surface area contributed by atoms with Crippen molar-refractivity contribution >= 4 is 0 Å². The number of nitrogens with two attached hydrogens (primary N) is 1. The van der Waals surface area contributed by atoms with Gasteiger partial charge in [-0.1, -0.05) is 12.1 Å². The van der Waals surface area contributed by atoms with E-state index in [2.05, 4.69) is 56.5 Å². The number of aromatic amines is 1. The van der Waals surface area contributed by atoms with Crippen LogP contribution in [0.5, 0.6) is 5.88 Å². The molecule has 4 N–H and O–H groups in total. The quantitative estimate of drug-likeness (QED) is 0.397. The molecule has 2 fully saturated rings. The van der Waals surface area contributed by atoms with Crippen molar-refractivity contribution in [1.82, 2.24) is 34.9 Å². The lowest BCUT2D eigenvalue weighted by Crippen LogP contribution is -2.67. The molecule has 1 unspecified atom stereocenters. The zero-order valence-corrected chi connectivity index (χ0v) is 20.1. The Morgan fingerprint density at radius 2 is 2.00 bits per heavy atom. The summed E-state index contributed by atoms with van der Waals surface area (Å²) in [7, 11) is 3.55. The van der Waals surface area contributed by atoms with Crippen molar-refractivity contribution in [2.24, 2.45) is 12.8 Å². The van der Waals surface area contributed by atoms with Gasteiger partial charge in [0, 0.05) is 85.5 Å². The number of fused-ring (bicyclic) bond motifs is 1. The maximum Gasteiger partial charge on any atom is 0.212 e. The highest BCUT2D eigenvalue weighted by Crippen LogP contribution is 2.45. The van der Waals surface area contributed by atoms with Crippen LogP contribution < -0.4 is 15.8 Å². The van der Waals surface area contributed by atoms with E-state index in [1.165, 1.54) is 0 Å². The Morgan fingerprint density at radius 3 is 2.63 bits per heavy atom. The van der Waals surface area contributed by atoms with Gasteiger partial charge in [-0.15, -0.1) is 0 Å². The number of methoxy groups -OCH3 is 1. The van der Waals surface area contributed by atoms with E-state index < -0.39 is 5.54 Å². The van der Waals surface area contributed by atoms with Gasteiger partial charge in [0.2, 0.25) is 5.88 Å². The van der Waals surface area contributed by atoms with Crippen molar-refractivity contribution in [3.05, 3.63) is 72.6 Å². The molecule has 2 aliphatic heterocycles. The number of nitrogens with one attached hydrogen (secondary N) is 2. The van der Waals surface area contributed by atoms with Crippen LogP contribution in [-0.2, 0) is 13.6 Å². The molecular weight excluding hydrogens is 440 g/mol. The molecule has 0 bridgehead atoms. The van der Waals surface area contributed by atoms with E-state index in [9.17, 15) is 0 Å². The van der Waals surface area contributed by atoms with E-state index in [4.69, 9.17) is 15.5 Å². The van der Waals surface area contributed by atoms with Crippen molar-refractivity contribution in [1.29, 1.82) is 0 Å². The molecule has 9 nitrogen and oxygen atoms in total. The maximum absolute atomic E-state index is 6.96. The molecule has 0 amide bonds. The number of aryl methyl sites for hydroxylation is 1. The van der Waals surface area contributed by atoms with Crippen molar-refractivity contribution in [2.45, 2.75) is 37.1 Å². The normalized spacial score (nSPS) is 25.9. The van der Waals surface area contributed by atoms with Crippen LogP contribution in [0.25, 0.3) is 22.4 Å². The number of ether oxygens (including phenoxy) is 1. The third-order valence-corrected chi connectivity index (χ3v) is 7.42. The van der Waals surface area contributed by atoms with Crippen LogP contribution in [0.4, 0.5) is 0 Å². The molecule has 6 rings (SSSR count). The van der Waals surface area contributed by atoms with E-state index in [0.717, 1.165) is 46.7 Å². The topological polar surface area (TPSA) is 110 Å². The van der Waals surface area contributed by atoms with Gasteiger partial charge in [-0.25, -0.2) is 4.98 Å². The molecule has 6 heterocycles. The summed E-state index contributed by atoms with van der Waals surface area (Å²) in [4.78, 5) is 15.1. The van der Waals surface area contributed by atoms with Crippen molar-refractivity contribution in [3.8, 4) is 28.3 Å². The first-order chi connectivity index (χ1) is 16.9. The smallest absolute Gasteiger partial charge is 0.212 e. The Balaban J connectivity index is 1.27. The predicted molar refractivity (Wildman–Crippen MR) is 133 cm³/mol. The summed E-state index contributed by atoms with van der Waals surface area (Å²) < 4.78 is 7.02. The van der Waals surface area contributed by atoms with Gasteiger partial charge in [-0.05, 0) is 24.6 Å². The Bertz CT molecular complexity index is 1320. The van der Waals surface area contributed by atoms with Gasteiger partial charge >= 0.3 is 0 Å². The number of hydrogen-bond donors (Lipinski definition) is 3. The number of nitrogens with zero attached hydrogens (tertiary/aromatic N) is 5. The summed E-state index contributed by atoms with van der Waals surface area (Å²) in [6, 6.07) is 10.9. The number of pyridine rings is 2. The van der Waals surface area contributed by atoms with Crippen LogP contribution in [0.2, 0.25) is 0 Å². The molecule has 0 saturated carbocycles. The van der Waals surface area contributed by atoms with Crippen molar-refractivity contribution in [2.75, 3.05) is 13.7 Å². The largest absolute Gasteiger partial charge is 0.481 e. The lowest BCUT2D eigenvalue weighted by Gasteiger charge is -2.40. The average Bonchev–Trinajstić information content (AvgIpc) is 3.51. The molecular formula is C26H30N8O. The second-order valence-corrected chi connectivity index (χ2v) is 9.78. The first-order valence-corrected chi connectivity index (χ1v) is 11.8. The molecule has 2 saturated heterocycles. The SMILES string of the molecule is COc1ccc(CN2C(c3ccc(-c4c[nH]c(-c5cnn(C)c5)c4)cn3)[C@@](C)(N)[C@@H]3NC[C@@H]32)cn1. The second kappa shape index (κ2) is 8.30. The standard InChI is InChI=1S/C26H30N8O/c1-26(27)24-22(13-31-24)34(14-16-4-7-23(35-3)30-9-16)25(26)20-6-5-17(10-28-20)18-8-21(29-11-18)19-12-32-33(2)15-19/h4-12,15,22,24-25,29,31H,13-14,27H2,1-3H3/t22-,24+,25?,26-/m0/s1. The Labute approximate surface area is 204 Å². The van der Waals surface area contributed by atoms with Gasteiger partial charge in [0.05, 0.1) is 30.6 Å². The zero-order chi connectivity index (χ0) is 24.2. The summed E-state index contributed by atoms with van der Waals surface area (Å²) >= 11 is 0. The monoisotopic (exact) mass is 470 g/mol. The number of rotatable bonds is 6. The Hall–Kier alpha value is -3.53. The van der Waals surface area contributed by atoms with Gasteiger partial charge in [0.25, 0.3) is 0 Å². The highest BCUT2D eigenvalue weighted by Gasteiger charge is 2.59. The van der Waals surface area contributed by atoms with Gasteiger partial charge in [0.1, 0.15) is 0 Å². The Kier molecular flexibility index (Phi) is 5.21. The van der Waals surface area contributed by atoms with Gasteiger partial charge in [-0.3, -0.25) is 14.6 Å². The average molecular weight is 471 g/mol. The van der Waals surface area contributed by atoms with E-state index in [0.29, 0.717) is 11.9 Å². The van der Waals surface area contributed by atoms with Crippen LogP contribution >= 0.6 is 0 Å². The number of hydrogen-bond acceptors (Lipinski definition) is 7. The minimum Gasteiger partial charge on any atom is -0.481 e. The molecule has 0 aliphatic carbocycles. The van der Waals surface area contributed by atoms with E-state index in [1.807, 2.05) is 44.1 Å². The summed E-state index contributed by atoms with van der Waals surface area (Å²) in [5.74, 6) is 0.618. The number of likely N-dealkylation sites (tertiary alicyclic amines) is 1. The zero-order valence-electron chi connectivity index (χ0n) is 20.1. The molecule has 4 atom stereocenters. The fourth-order valence-corrected chi connectivity index (χ4v) is 5.56. The molecule has 4 aromatic rings. The summed E-state index contributed by atoms with van der Waals surface area (Å²) in [5.41, 5.74) is 12.9. The van der Waals surface area contributed by atoms with E-state index >= 15 is 0 Å². The highest BCUT2D eigenvalue weighted by molar-refractivity contribution is 5.70. The molecule has 4 aromatic heterocycles. The lowest BCUT2D eigenvalue weighted by molar-refractivity contribution is 0.134. The Morgan fingerprint density at radius 1 is 1.11 bits per heavy atom. The fourth-order valence-electron chi connectivity index (χ4n) is 5.56. The first kappa shape index (κ1) is 22.0. The van der Waals surface area contributed by atoms with Crippen LogP contribution in [-0.4, -0.2) is 60.9 Å². The fraction of sp³-hybridized carbons (Fsp3) is 0.346. The van der Waals surface area contributed by atoms with Gasteiger partial charge in [-0.2, -0.15) is 5.10 Å². The number of aromatic nitrogens is 5. The second-order valence-electron chi connectivity index (χ2n) is 9.78.